The minimum atomic E-state index is -1.32. The number of ether oxygens (including phenoxy) is 2. The molecule has 3 heterocycles. The molecule has 9 nitrogen and oxygen atoms in total. The van der Waals surface area contributed by atoms with Crippen molar-refractivity contribution in [2.75, 3.05) is 18.9 Å². The Hall–Kier alpha value is -2.04. The molecule has 118 valence electrons. The average molecular weight is 326 g/mol. The quantitative estimate of drug-likeness (QED) is 0.717. The molecule has 22 heavy (non-hydrogen) atoms. The molecular weight excluding hydrogens is 312 g/mol. The van der Waals surface area contributed by atoms with Crippen LogP contribution in [-0.2, 0) is 20.0 Å². The van der Waals surface area contributed by atoms with Crippen LogP contribution < -0.4 is 10.6 Å². The predicted octanol–water partition coefficient (Wildman–Crippen LogP) is -0.568. The molecule has 3 rings (SSSR count). The molecule has 0 radical (unpaired) electrons. The second kappa shape index (κ2) is 5.30. The molecule has 3 N–H and O–H groups in total. The summed E-state index contributed by atoms with van der Waals surface area (Å²) in [6, 6.07) is 0. The molecule has 0 amide bonds. The molecule has 1 aliphatic heterocycles. The third-order valence-corrected chi connectivity index (χ3v) is 4.28. The van der Waals surface area contributed by atoms with E-state index < -0.39 is 24.4 Å². The largest absolute Gasteiger partial charge is 0.460 e. The number of nitrogens with two attached hydrogens (primary N) is 1. The summed E-state index contributed by atoms with van der Waals surface area (Å²) in [6.45, 7) is 0.921. The van der Waals surface area contributed by atoms with Crippen LogP contribution in [0, 0.1) is 0 Å². The molecule has 1 saturated heterocycles. The van der Waals surface area contributed by atoms with Crippen molar-refractivity contribution in [2.45, 2.75) is 25.2 Å². The summed E-state index contributed by atoms with van der Waals surface area (Å²) in [5.74, 6) is -0.432. The summed E-state index contributed by atoms with van der Waals surface area (Å²) in [4.78, 5) is 30.9. The Labute approximate surface area is 128 Å². The minimum absolute atomic E-state index is 0.0154. The van der Waals surface area contributed by atoms with E-state index in [2.05, 4.69) is 9.97 Å². The molecular formula is C12H14N4O5S. The van der Waals surface area contributed by atoms with Gasteiger partial charge in [0.1, 0.15) is 6.10 Å². The Morgan fingerprint density at radius 2 is 2.50 bits per heavy atom. The number of hydrogen-bond acceptors (Lipinski definition) is 9. The molecule has 1 aliphatic rings. The van der Waals surface area contributed by atoms with Gasteiger partial charge in [-0.25, -0.2) is 4.98 Å². The number of aliphatic hydroxyl groups excluding tert-OH is 1. The smallest absolute Gasteiger partial charge is 0.311 e. The highest BCUT2D eigenvalue weighted by Gasteiger charge is 2.45. The average Bonchev–Trinajstić information content (AvgIpc) is 2.99. The van der Waals surface area contributed by atoms with Gasteiger partial charge in [-0.3, -0.25) is 14.2 Å². The summed E-state index contributed by atoms with van der Waals surface area (Å²) in [6.07, 6.45) is 1.06. The van der Waals surface area contributed by atoms with E-state index in [1.807, 2.05) is 0 Å². The van der Waals surface area contributed by atoms with E-state index in [0.29, 0.717) is 10.3 Å². The van der Waals surface area contributed by atoms with E-state index in [1.54, 1.807) is 0 Å². The molecule has 2 aromatic rings. The van der Waals surface area contributed by atoms with Crippen LogP contribution in [-0.4, -0.2) is 44.9 Å². The van der Waals surface area contributed by atoms with Crippen LogP contribution in [0.2, 0.25) is 0 Å². The first-order valence-electron chi connectivity index (χ1n) is 6.52. The van der Waals surface area contributed by atoms with Crippen LogP contribution in [0.5, 0.6) is 0 Å². The lowest BCUT2D eigenvalue weighted by molar-refractivity contribution is -0.146. The van der Waals surface area contributed by atoms with Gasteiger partial charge in [0.2, 0.25) is 5.95 Å². The van der Waals surface area contributed by atoms with Crippen LogP contribution >= 0.6 is 11.3 Å². The van der Waals surface area contributed by atoms with Gasteiger partial charge in [-0.2, -0.15) is 4.98 Å². The highest BCUT2D eigenvalue weighted by atomic mass is 32.1. The first-order valence-corrected chi connectivity index (χ1v) is 7.33. The predicted molar refractivity (Wildman–Crippen MR) is 77.3 cm³/mol. The number of carbonyl (C=O) groups excluding carboxylic acids is 1. The lowest BCUT2D eigenvalue weighted by Gasteiger charge is -2.27. The zero-order valence-corrected chi connectivity index (χ0v) is 12.5. The molecule has 10 heteroatoms. The number of nitrogens with zero attached hydrogens (tertiary/aromatic N) is 3. The number of aliphatic hydroxyl groups is 1. The lowest BCUT2D eigenvalue weighted by Crippen LogP contribution is -2.42. The van der Waals surface area contributed by atoms with E-state index >= 15 is 0 Å². The van der Waals surface area contributed by atoms with Crippen LogP contribution in [0.15, 0.2) is 11.0 Å². The summed E-state index contributed by atoms with van der Waals surface area (Å²) in [5.41, 5.74) is 4.54. The Balaban J connectivity index is 2.08. The lowest BCUT2D eigenvalue weighted by atomic mass is 10.1. The van der Waals surface area contributed by atoms with Gasteiger partial charge in [-0.15, -0.1) is 0 Å². The van der Waals surface area contributed by atoms with Gasteiger partial charge in [0, 0.05) is 13.3 Å². The maximum Gasteiger partial charge on any atom is 0.311 e. The second-order valence-corrected chi connectivity index (χ2v) is 5.96. The van der Waals surface area contributed by atoms with Gasteiger partial charge >= 0.3 is 10.8 Å². The molecule has 2 aromatic heterocycles. The fourth-order valence-electron chi connectivity index (χ4n) is 2.56. The minimum Gasteiger partial charge on any atom is -0.460 e. The normalized spacial score (nSPS) is 24.7. The number of thiazole rings is 1. The molecule has 0 unspecified atom stereocenters. The number of carbonyl (C=O) groups is 1. The third kappa shape index (κ3) is 2.34. The first-order chi connectivity index (χ1) is 10.4. The molecule has 0 spiro atoms. The van der Waals surface area contributed by atoms with Gasteiger partial charge in [-0.1, -0.05) is 11.3 Å². The molecule has 1 fully saturated rings. The van der Waals surface area contributed by atoms with Crippen molar-refractivity contribution in [1.29, 1.82) is 0 Å². The molecule has 0 bridgehead atoms. The van der Waals surface area contributed by atoms with E-state index in [4.69, 9.17) is 15.2 Å². The van der Waals surface area contributed by atoms with E-state index in [0.717, 1.165) is 11.3 Å². The second-order valence-electron chi connectivity index (χ2n) is 4.97. The zero-order valence-electron chi connectivity index (χ0n) is 11.7. The van der Waals surface area contributed by atoms with E-state index in [1.165, 1.54) is 17.7 Å². The highest BCUT2D eigenvalue weighted by Crippen LogP contribution is 2.34. The molecule has 0 aliphatic carbocycles. The Bertz CT molecular complexity index is 787. The van der Waals surface area contributed by atoms with E-state index in [9.17, 15) is 14.7 Å². The van der Waals surface area contributed by atoms with Crippen molar-refractivity contribution >= 4 is 33.6 Å². The maximum absolute atomic E-state index is 12.3. The van der Waals surface area contributed by atoms with Crippen LogP contribution in [0.4, 0.5) is 5.95 Å². The van der Waals surface area contributed by atoms with Crippen molar-refractivity contribution in [3.05, 3.63) is 15.9 Å². The Kier molecular flexibility index (Phi) is 3.59. The number of rotatable bonds is 3. The molecule has 0 aromatic carbocycles. The van der Waals surface area contributed by atoms with Crippen molar-refractivity contribution in [3.8, 4) is 0 Å². The summed E-state index contributed by atoms with van der Waals surface area (Å²) in [7, 11) is 0. The summed E-state index contributed by atoms with van der Waals surface area (Å²) >= 11 is 0.931. The van der Waals surface area contributed by atoms with Gasteiger partial charge in [0.15, 0.2) is 11.4 Å². The molecule has 2 atom stereocenters. The monoisotopic (exact) mass is 326 g/mol. The van der Waals surface area contributed by atoms with Gasteiger partial charge < -0.3 is 20.3 Å². The first kappa shape index (κ1) is 14.9. The van der Waals surface area contributed by atoms with Gasteiger partial charge in [-0.05, 0) is 0 Å². The van der Waals surface area contributed by atoms with Crippen molar-refractivity contribution < 1.29 is 19.4 Å². The zero-order chi connectivity index (χ0) is 15.9. The number of anilines is 1. The Morgan fingerprint density at radius 1 is 1.73 bits per heavy atom. The summed E-state index contributed by atoms with van der Waals surface area (Å²) < 4.78 is 12.5. The van der Waals surface area contributed by atoms with Gasteiger partial charge in [0.25, 0.3) is 0 Å². The van der Waals surface area contributed by atoms with E-state index in [-0.39, 0.29) is 23.8 Å². The number of nitrogen functional groups attached to an aromatic ring is 1. The fourth-order valence-corrected chi connectivity index (χ4v) is 3.43. The van der Waals surface area contributed by atoms with Crippen LogP contribution in [0.1, 0.15) is 13.3 Å². The topological polar surface area (TPSA) is 130 Å². The Morgan fingerprint density at radius 3 is 3.18 bits per heavy atom. The summed E-state index contributed by atoms with van der Waals surface area (Å²) in [5, 5.41) is 9.80. The fraction of sp³-hybridized carbons (Fsp3) is 0.500. The number of esters is 1. The van der Waals surface area contributed by atoms with Crippen LogP contribution in [0.25, 0.3) is 10.3 Å². The maximum atomic E-state index is 12.3. The van der Waals surface area contributed by atoms with Crippen molar-refractivity contribution in [3.63, 3.8) is 0 Å². The standard InChI is InChI=1S/C12H14N4O5S/c1-6(18)21-7-2-12(5-17,20-4-7)16-9-8(22-11(16)19)3-14-10(13)15-9/h3,7,17H,2,4-5H2,1H3,(H2,13,14,15)/t7-,12+/m1/s1. The highest BCUT2D eigenvalue weighted by molar-refractivity contribution is 7.16. The van der Waals surface area contributed by atoms with Crippen molar-refractivity contribution in [2.24, 2.45) is 0 Å². The third-order valence-electron chi connectivity index (χ3n) is 3.42. The number of hydrogen-bond donors (Lipinski definition) is 2. The molecule has 0 saturated carbocycles. The van der Waals surface area contributed by atoms with Gasteiger partial charge in [0.05, 0.1) is 24.1 Å². The van der Waals surface area contributed by atoms with Crippen LogP contribution in [0.3, 0.4) is 0 Å². The number of fused-ring (bicyclic) bond motifs is 1. The van der Waals surface area contributed by atoms with Crippen molar-refractivity contribution in [1.82, 2.24) is 14.5 Å². The SMILES string of the molecule is CC(=O)O[C@H]1CO[C@@](CO)(n2c(=O)sc3cnc(N)nc32)C1. The number of aromatic nitrogens is 3.